The van der Waals surface area contributed by atoms with Gasteiger partial charge in [0.1, 0.15) is 5.75 Å². The number of rotatable bonds is 6. The highest BCUT2D eigenvalue weighted by Crippen LogP contribution is 2.19. The number of pyridine rings is 1. The monoisotopic (exact) mass is 305 g/mol. The Bertz CT molecular complexity index is 638. The fourth-order valence-electron chi connectivity index (χ4n) is 1.60. The number of hydrogen-bond donors (Lipinski definition) is 5. The molecule has 1 aromatic heterocycles. The van der Waals surface area contributed by atoms with Crippen LogP contribution >= 0.6 is 0 Å². The fourth-order valence-corrected chi connectivity index (χ4v) is 1.60. The van der Waals surface area contributed by atoms with Gasteiger partial charge >= 0.3 is 0 Å². The van der Waals surface area contributed by atoms with Crippen molar-refractivity contribution in [3.8, 4) is 5.75 Å². The predicted molar refractivity (Wildman–Crippen MR) is 81.5 cm³/mol. The van der Waals surface area contributed by atoms with Crippen LogP contribution in [0.5, 0.6) is 5.75 Å². The first kappa shape index (κ1) is 15.5. The maximum atomic E-state index is 13.7. The molecule has 0 saturated carbocycles. The number of ether oxygens (including phenoxy) is 1. The molecule has 1 aromatic carbocycles. The summed E-state index contributed by atoms with van der Waals surface area (Å²) in [5.41, 5.74) is 13.4. The Morgan fingerprint density at radius 2 is 2.18 bits per heavy atom. The minimum Gasteiger partial charge on any atom is -0.497 e. The second-order valence-corrected chi connectivity index (χ2v) is 4.12. The van der Waals surface area contributed by atoms with Gasteiger partial charge in [0, 0.05) is 12.3 Å². The van der Waals surface area contributed by atoms with Gasteiger partial charge in [0.2, 0.25) is 5.96 Å². The third kappa shape index (κ3) is 3.81. The summed E-state index contributed by atoms with van der Waals surface area (Å²) >= 11 is 0. The molecule has 2 rings (SSSR count). The normalized spacial score (nSPS) is 10.1. The van der Waals surface area contributed by atoms with Crippen LogP contribution < -0.4 is 32.0 Å². The van der Waals surface area contributed by atoms with Gasteiger partial charge in [0.15, 0.2) is 11.6 Å². The molecule has 6 N–H and O–H groups in total. The maximum absolute atomic E-state index is 13.7. The van der Waals surface area contributed by atoms with E-state index in [0.717, 1.165) is 0 Å². The van der Waals surface area contributed by atoms with Crippen molar-refractivity contribution in [3.63, 3.8) is 0 Å². The summed E-state index contributed by atoms with van der Waals surface area (Å²) in [6.45, 7) is 0. The first-order chi connectivity index (χ1) is 10.6. The molecule has 22 heavy (non-hydrogen) atoms. The van der Waals surface area contributed by atoms with Crippen LogP contribution in [0.3, 0.4) is 0 Å². The van der Waals surface area contributed by atoms with E-state index in [9.17, 15) is 4.39 Å². The van der Waals surface area contributed by atoms with Crippen LogP contribution in [0.2, 0.25) is 0 Å². The Hall–Kier alpha value is -2.91. The number of benzene rings is 1. The van der Waals surface area contributed by atoms with E-state index in [1.807, 2.05) is 0 Å². The molecule has 0 radical (unpaired) electrons. The lowest BCUT2D eigenvalue weighted by Gasteiger charge is -2.23. The van der Waals surface area contributed by atoms with Gasteiger partial charge in [0.25, 0.3) is 0 Å². The summed E-state index contributed by atoms with van der Waals surface area (Å²) in [5.74, 6) is 0.0263. The minimum atomic E-state index is -0.499. The number of halogens is 1. The summed E-state index contributed by atoms with van der Waals surface area (Å²) in [5, 5.41) is 8.69. The van der Waals surface area contributed by atoms with Crippen molar-refractivity contribution in [2.75, 3.05) is 17.5 Å². The lowest BCUT2D eigenvalue weighted by molar-refractivity contribution is 0.411. The third-order valence-electron chi connectivity index (χ3n) is 2.66. The molecular weight excluding hydrogens is 289 g/mol. The van der Waals surface area contributed by atoms with E-state index in [1.54, 1.807) is 30.5 Å². The molecule has 8 nitrogen and oxygen atoms in total. The third-order valence-corrected chi connectivity index (χ3v) is 2.66. The van der Waals surface area contributed by atoms with Crippen molar-refractivity contribution in [1.82, 2.24) is 16.1 Å². The quantitative estimate of drug-likeness (QED) is 0.307. The summed E-state index contributed by atoms with van der Waals surface area (Å²) < 4.78 is 18.7. The summed E-state index contributed by atoms with van der Waals surface area (Å²) in [6, 6.07) is 9.49. The molecule has 0 aliphatic rings. The van der Waals surface area contributed by atoms with Gasteiger partial charge in [-0.25, -0.2) is 14.4 Å². The number of anilines is 2. The zero-order valence-corrected chi connectivity index (χ0v) is 11.8. The molecule has 0 aliphatic carbocycles. The Kier molecular flexibility index (Phi) is 5.07. The average Bonchev–Trinajstić information content (AvgIpc) is 2.53. The number of aromatic nitrogens is 1. The Labute approximate surface area is 126 Å². The second kappa shape index (κ2) is 7.20. The first-order valence-corrected chi connectivity index (χ1v) is 6.27. The van der Waals surface area contributed by atoms with E-state index in [-0.39, 0.29) is 11.6 Å². The standard InChI is InChI=1S/C13H16FN7O/c1-22-9-5-6-11(10(14)8-9)18-19-20-21(13(15)16)12-4-2-3-7-17-12/h2-8,18-20H,1H3,(H3,15,16). The topological polar surface area (TPSA) is 111 Å². The van der Waals surface area contributed by atoms with Crippen molar-refractivity contribution in [1.29, 1.82) is 5.41 Å². The van der Waals surface area contributed by atoms with Gasteiger partial charge in [-0.1, -0.05) is 6.07 Å². The lowest BCUT2D eigenvalue weighted by atomic mass is 10.3. The zero-order chi connectivity index (χ0) is 15.9. The summed E-state index contributed by atoms with van der Waals surface area (Å²) in [6.07, 6.45) is 1.56. The number of methoxy groups -OCH3 is 1. The molecule has 0 bridgehead atoms. The molecule has 0 aliphatic heterocycles. The van der Waals surface area contributed by atoms with Gasteiger partial charge in [0.05, 0.1) is 12.8 Å². The summed E-state index contributed by atoms with van der Waals surface area (Å²) in [7, 11) is 1.46. The largest absolute Gasteiger partial charge is 0.497 e. The SMILES string of the molecule is COc1ccc(NNNN(C(=N)N)c2ccccn2)c(F)c1. The van der Waals surface area contributed by atoms with Gasteiger partial charge < -0.3 is 15.9 Å². The van der Waals surface area contributed by atoms with E-state index in [4.69, 9.17) is 15.9 Å². The minimum absolute atomic E-state index is 0.192. The second-order valence-electron chi connectivity index (χ2n) is 4.12. The first-order valence-electron chi connectivity index (χ1n) is 6.27. The molecule has 0 saturated heterocycles. The molecule has 0 fully saturated rings. The highest BCUT2D eigenvalue weighted by atomic mass is 19.1. The zero-order valence-electron chi connectivity index (χ0n) is 11.8. The van der Waals surface area contributed by atoms with Gasteiger partial charge in [-0.3, -0.25) is 5.41 Å². The van der Waals surface area contributed by atoms with E-state index in [1.165, 1.54) is 24.3 Å². The van der Waals surface area contributed by atoms with E-state index < -0.39 is 5.82 Å². The van der Waals surface area contributed by atoms with Crippen molar-refractivity contribution in [2.45, 2.75) is 0 Å². The number of hydrazine groups is 3. The van der Waals surface area contributed by atoms with Gasteiger partial charge in [-0.2, -0.15) is 5.53 Å². The van der Waals surface area contributed by atoms with Crippen LogP contribution in [-0.2, 0) is 0 Å². The molecule has 9 heteroatoms. The van der Waals surface area contributed by atoms with Crippen LogP contribution in [0, 0.1) is 11.2 Å². The Balaban J connectivity index is 1.98. The number of guanidine groups is 1. The van der Waals surface area contributed by atoms with Gasteiger partial charge in [-0.05, 0) is 24.3 Å². The smallest absolute Gasteiger partial charge is 0.210 e. The molecular formula is C13H16FN7O. The molecule has 116 valence electrons. The molecule has 0 atom stereocenters. The van der Waals surface area contributed by atoms with Crippen LogP contribution in [-0.4, -0.2) is 18.1 Å². The van der Waals surface area contributed by atoms with Gasteiger partial charge in [-0.15, -0.1) is 5.53 Å². The number of nitrogens with one attached hydrogen (secondary N) is 4. The van der Waals surface area contributed by atoms with Crippen LogP contribution in [0.15, 0.2) is 42.6 Å². The lowest BCUT2D eigenvalue weighted by Crippen LogP contribution is -2.55. The Morgan fingerprint density at radius 1 is 1.36 bits per heavy atom. The number of hydrogen-bond acceptors (Lipinski definition) is 6. The number of nitrogens with zero attached hydrogens (tertiary/aromatic N) is 2. The van der Waals surface area contributed by atoms with Crippen LogP contribution in [0.4, 0.5) is 15.9 Å². The van der Waals surface area contributed by atoms with Crippen LogP contribution in [0.1, 0.15) is 0 Å². The molecule has 0 unspecified atom stereocenters. The van der Waals surface area contributed by atoms with Crippen LogP contribution in [0.25, 0.3) is 0 Å². The molecule has 1 heterocycles. The van der Waals surface area contributed by atoms with Crippen molar-refractivity contribution < 1.29 is 9.13 Å². The molecule has 2 aromatic rings. The highest BCUT2D eigenvalue weighted by Gasteiger charge is 2.10. The van der Waals surface area contributed by atoms with E-state index in [0.29, 0.717) is 11.6 Å². The average molecular weight is 305 g/mol. The van der Waals surface area contributed by atoms with E-state index in [2.05, 4.69) is 21.5 Å². The molecule has 0 amide bonds. The number of nitrogens with two attached hydrogens (primary N) is 1. The van der Waals surface area contributed by atoms with E-state index >= 15 is 0 Å². The molecule has 0 spiro atoms. The summed E-state index contributed by atoms with van der Waals surface area (Å²) in [4.78, 5) is 4.05. The van der Waals surface area contributed by atoms with Crippen molar-refractivity contribution in [3.05, 3.63) is 48.4 Å². The fraction of sp³-hybridized carbons (Fsp3) is 0.0769. The Morgan fingerprint density at radius 3 is 2.77 bits per heavy atom. The van der Waals surface area contributed by atoms with Crippen molar-refractivity contribution in [2.24, 2.45) is 5.73 Å². The van der Waals surface area contributed by atoms with Crippen molar-refractivity contribution >= 4 is 17.5 Å². The maximum Gasteiger partial charge on any atom is 0.210 e. The predicted octanol–water partition coefficient (Wildman–Crippen LogP) is 0.965. The highest BCUT2D eigenvalue weighted by molar-refractivity contribution is 5.90.